The molecule has 0 aliphatic heterocycles. The van der Waals surface area contributed by atoms with Crippen molar-refractivity contribution >= 4 is 0 Å². The molecular weight excluding hydrogens is 1480 g/mol. The van der Waals surface area contributed by atoms with Gasteiger partial charge in [-0.3, -0.25) is 44.9 Å². The molecule has 0 unspecified atom stereocenters. The van der Waals surface area contributed by atoms with E-state index in [0.717, 1.165) is 159 Å². The second-order valence-electron chi connectivity index (χ2n) is 27.7. The van der Waals surface area contributed by atoms with Gasteiger partial charge in [0, 0.05) is 83.6 Å². The van der Waals surface area contributed by atoms with Crippen molar-refractivity contribution in [2.45, 2.75) is 0 Å². The summed E-state index contributed by atoms with van der Waals surface area (Å²) in [6, 6.07) is 111. The first-order valence-electron chi connectivity index (χ1n) is 38.7. The highest BCUT2D eigenvalue weighted by molar-refractivity contribution is 5.86. The smallest absolute Gasteiger partial charge is 0.0901 e. The van der Waals surface area contributed by atoms with E-state index in [4.69, 9.17) is 49.8 Å². The minimum atomic E-state index is 0.695. The molecule has 20 rings (SSSR count). The van der Waals surface area contributed by atoms with Crippen LogP contribution >= 0.6 is 0 Å². The minimum Gasteiger partial charge on any atom is -0.255 e. The quantitative estimate of drug-likeness (QED) is 0.0775. The summed E-state index contributed by atoms with van der Waals surface area (Å²) in [5.41, 5.74) is 27.8. The summed E-state index contributed by atoms with van der Waals surface area (Å²) in [6.07, 6.45) is 15.9. The van der Waals surface area contributed by atoms with Gasteiger partial charge >= 0.3 is 0 Å². The van der Waals surface area contributed by atoms with Gasteiger partial charge in [0.1, 0.15) is 0 Å². The molecule has 1 aromatic carbocycles. The number of aromatic nitrogens is 19. The zero-order valence-corrected chi connectivity index (χ0v) is 64.0. The van der Waals surface area contributed by atoms with Gasteiger partial charge in [-0.2, -0.15) is 0 Å². The number of pyridine rings is 19. The molecule has 0 radical (unpaired) electrons. The number of nitrogens with zero attached hydrogens (tertiary/aromatic N) is 19. The highest BCUT2D eigenvalue weighted by Crippen LogP contribution is 2.40. The predicted molar refractivity (Wildman–Crippen MR) is 469 cm³/mol. The molecule has 0 saturated heterocycles. The molecular formula is C101H65N19. The third-order valence-corrected chi connectivity index (χ3v) is 19.7. The Labute approximate surface area is 690 Å². The summed E-state index contributed by atoms with van der Waals surface area (Å²) in [7, 11) is 0. The Hall–Kier alpha value is -16.9. The van der Waals surface area contributed by atoms with Gasteiger partial charge in [-0.1, -0.05) is 91.0 Å². The fourth-order valence-corrected chi connectivity index (χ4v) is 13.9. The maximum atomic E-state index is 5.42. The van der Waals surface area contributed by atoms with E-state index >= 15 is 0 Å². The lowest BCUT2D eigenvalue weighted by Crippen LogP contribution is -1.98. The van der Waals surface area contributed by atoms with E-state index in [1.54, 1.807) is 55.8 Å². The molecule has 120 heavy (non-hydrogen) atoms. The van der Waals surface area contributed by atoms with Crippen molar-refractivity contribution < 1.29 is 0 Å². The van der Waals surface area contributed by atoms with Gasteiger partial charge in [-0.15, -0.1) is 0 Å². The largest absolute Gasteiger partial charge is 0.255 e. The van der Waals surface area contributed by atoms with Crippen LogP contribution < -0.4 is 0 Å². The number of hydrogen-bond acceptors (Lipinski definition) is 19. The van der Waals surface area contributed by atoms with E-state index in [1.807, 2.05) is 297 Å². The Balaban J connectivity index is 0.000000159. The SMILES string of the molecule is c1ccc(-c2cc(-c3cc(-c4cc(-c5ccccn5)nc(-c5ccccn5)c4)nc(-c4cc(-c5ccccn5)nc(-c5ccccn5)c4)c3)cc(-c3ccccn3)n2)nc1.c1ccc(-c2cccc(-c3cccc(-c4cc(-c5cccc(-c6cccc(-c7ccccn7)n6)n5)cc(-c5cccc(-c6cccc(-c7ccccn7)n6)n5)c4)n3)n2)nc1. The first-order chi connectivity index (χ1) is 59.4. The maximum absolute atomic E-state index is 5.42. The zero-order valence-electron chi connectivity index (χ0n) is 64.0. The van der Waals surface area contributed by atoms with Gasteiger partial charge in [0.05, 0.1) is 165 Å². The lowest BCUT2D eigenvalue weighted by Gasteiger charge is -2.15. The van der Waals surface area contributed by atoms with Crippen LogP contribution in [0.3, 0.4) is 0 Å². The molecule has 0 saturated carbocycles. The molecule has 0 amide bonds. The topological polar surface area (TPSA) is 245 Å². The molecule has 0 N–H and O–H groups in total. The van der Waals surface area contributed by atoms with E-state index in [-0.39, 0.29) is 0 Å². The molecule has 0 bridgehead atoms. The molecule has 0 aliphatic carbocycles. The second kappa shape index (κ2) is 34.0. The minimum absolute atomic E-state index is 0.695. The Morgan fingerprint density at radius 2 is 0.225 bits per heavy atom. The van der Waals surface area contributed by atoms with Crippen LogP contribution in [-0.4, -0.2) is 94.7 Å². The van der Waals surface area contributed by atoms with Crippen LogP contribution in [0.4, 0.5) is 0 Å². The third kappa shape index (κ3) is 16.6. The molecule has 19 heterocycles. The van der Waals surface area contributed by atoms with Crippen molar-refractivity contribution in [1.82, 2.24) is 94.7 Å². The molecule has 0 atom stereocenters. The van der Waals surface area contributed by atoms with E-state index in [1.165, 1.54) is 0 Å². The summed E-state index contributed by atoms with van der Waals surface area (Å²) < 4.78 is 0. The Morgan fingerprint density at radius 3 is 0.425 bits per heavy atom. The molecule has 19 nitrogen and oxygen atoms in total. The first-order valence-corrected chi connectivity index (χ1v) is 38.7. The second-order valence-corrected chi connectivity index (χ2v) is 27.7. The monoisotopic (exact) mass is 1540 g/mol. The van der Waals surface area contributed by atoms with Crippen LogP contribution in [0.5, 0.6) is 0 Å². The average molecular weight is 1540 g/mol. The highest BCUT2D eigenvalue weighted by Gasteiger charge is 2.21. The molecule has 19 heteroatoms. The van der Waals surface area contributed by atoms with Crippen molar-refractivity contribution in [3.8, 4) is 204 Å². The van der Waals surface area contributed by atoms with Gasteiger partial charge in [0.2, 0.25) is 0 Å². The van der Waals surface area contributed by atoms with Crippen molar-refractivity contribution in [2.24, 2.45) is 0 Å². The van der Waals surface area contributed by atoms with E-state index in [0.29, 0.717) is 45.6 Å². The zero-order chi connectivity index (χ0) is 80.2. The van der Waals surface area contributed by atoms with Gasteiger partial charge in [0.25, 0.3) is 0 Å². The third-order valence-electron chi connectivity index (χ3n) is 19.7. The summed E-state index contributed by atoms with van der Waals surface area (Å²) >= 11 is 0. The molecule has 19 aromatic heterocycles. The molecule has 0 aliphatic rings. The standard InChI is InChI=1S/C51H33N9.C50H32N10/c1-4-28-52-40(13-1)43-19-10-25-49(58-43)46-22-7-16-37(55-46)34-31-35(38-17-8-23-47(56-38)50-26-11-20-44(59-50)41-14-2-5-29-53-41)33-36(32-34)39-18-9-24-48(57-39)51-27-12-21-45(60-51)42-15-3-6-30-54-42;1-7-19-51-37(13-1)45-27-34(28-46(58-45)38-14-2-8-20-52-38)33-25-43(35-29-47(39-15-3-9-21-53-39)59-48(30-35)40-16-4-10-22-54-40)57-44(26-33)36-31-49(41-17-5-11-23-55-41)60-50(32-36)42-18-6-12-24-56-42/h1-33H;1-32H. The fraction of sp³-hybridized carbons (Fsp3) is 0. The lowest BCUT2D eigenvalue weighted by molar-refractivity contribution is 1.21. The normalized spacial score (nSPS) is 11.0. The van der Waals surface area contributed by atoms with Crippen LogP contribution in [0.25, 0.3) is 204 Å². The van der Waals surface area contributed by atoms with Crippen molar-refractivity contribution in [3.63, 3.8) is 0 Å². The highest BCUT2D eigenvalue weighted by atomic mass is 14.9. The van der Waals surface area contributed by atoms with Gasteiger partial charge in [-0.05, 0) is 260 Å². The average Bonchev–Trinajstić information content (AvgIpc) is 0.772. The van der Waals surface area contributed by atoms with Crippen molar-refractivity contribution in [3.05, 3.63) is 395 Å². The van der Waals surface area contributed by atoms with Crippen LogP contribution in [-0.2, 0) is 0 Å². The van der Waals surface area contributed by atoms with Crippen LogP contribution in [0.1, 0.15) is 0 Å². The van der Waals surface area contributed by atoms with Gasteiger partial charge in [0.15, 0.2) is 0 Å². The van der Waals surface area contributed by atoms with Crippen LogP contribution in [0.2, 0.25) is 0 Å². The van der Waals surface area contributed by atoms with Crippen LogP contribution in [0.15, 0.2) is 395 Å². The van der Waals surface area contributed by atoms with Crippen molar-refractivity contribution in [1.29, 1.82) is 0 Å². The fourth-order valence-electron chi connectivity index (χ4n) is 13.9. The van der Waals surface area contributed by atoms with E-state index in [9.17, 15) is 0 Å². The Morgan fingerprint density at radius 1 is 0.0917 bits per heavy atom. The van der Waals surface area contributed by atoms with Crippen LogP contribution in [0, 0.1) is 0 Å². The molecule has 20 aromatic rings. The summed E-state index contributed by atoms with van der Waals surface area (Å²) in [5.74, 6) is 0. The molecule has 564 valence electrons. The number of rotatable bonds is 18. The van der Waals surface area contributed by atoms with Crippen molar-refractivity contribution in [2.75, 3.05) is 0 Å². The summed E-state index contributed by atoms with van der Waals surface area (Å²) in [4.78, 5) is 92.4. The lowest BCUT2D eigenvalue weighted by atomic mass is 9.97. The molecule has 0 fully saturated rings. The Kier molecular flexibility index (Phi) is 20.8. The first kappa shape index (κ1) is 73.3. The van der Waals surface area contributed by atoms with Gasteiger partial charge < -0.3 is 0 Å². The maximum Gasteiger partial charge on any atom is 0.0901 e. The Bertz CT molecular complexity index is 6150. The summed E-state index contributed by atoms with van der Waals surface area (Å²) in [5, 5.41) is 0. The summed E-state index contributed by atoms with van der Waals surface area (Å²) in [6.45, 7) is 0. The van der Waals surface area contributed by atoms with E-state index in [2.05, 4.69) is 87.3 Å². The van der Waals surface area contributed by atoms with E-state index < -0.39 is 0 Å². The van der Waals surface area contributed by atoms with Gasteiger partial charge in [-0.25, -0.2) is 49.8 Å². The number of hydrogen-bond donors (Lipinski definition) is 0. The predicted octanol–water partition coefficient (Wildman–Crippen LogP) is 21.9. The number of benzene rings is 1. The molecule has 0 spiro atoms.